The van der Waals surface area contributed by atoms with E-state index in [4.69, 9.17) is 14.2 Å². The van der Waals surface area contributed by atoms with Gasteiger partial charge in [0.25, 0.3) is 0 Å². The van der Waals surface area contributed by atoms with E-state index in [-0.39, 0.29) is 17.9 Å². The van der Waals surface area contributed by atoms with Gasteiger partial charge in [-0.3, -0.25) is 4.79 Å². The fourth-order valence-corrected chi connectivity index (χ4v) is 2.19. The average Bonchev–Trinajstić information content (AvgIpc) is 2.83. The Balaban J connectivity index is 0.00000118. The molecule has 1 rings (SSSR count). The number of unbranched alkanes of at least 4 members (excludes halogenated alkanes) is 5. The number of ether oxygens (including phenoxy) is 3. The second-order valence-electron chi connectivity index (χ2n) is 6.64. The van der Waals surface area contributed by atoms with E-state index in [2.05, 4.69) is 6.58 Å². The molecule has 0 aromatic carbocycles. The molecule has 0 aliphatic carbocycles. The van der Waals surface area contributed by atoms with Gasteiger partial charge in [0.05, 0.1) is 6.61 Å². The maximum atomic E-state index is 11.6. The predicted octanol–water partition coefficient (Wildman–Crippen LogP) is 4.19. The van der Waals surface area contributed by atoms with Crippen LogP contribution >= 0.6 is 0 Å². The molecule has 0 bridgehead atoms. The number of Topliss-reactive ketones (excluding diaryl/α,β-unsaturated/α-hetero) is 1. The van der Waals surface area contributed by atoms with Gasteiger partial charge in [0.2, 0.25) is 0 Å². The summed E-state index contributed by atoms with van der Waals surface area (Å²) in [5.74, 6) is -0.521. The molecule has 1 heterocycles. The molecule has 1 unspecified atom stereocenters. The smallest absolute Gasteiger partial charge is 0.305 e. The van der Waals surface area contributed by atoms with Crippen molar-refractivity contribution in [3.05, 3.63) is 12.7 Å². The lowest BCUT2D eigenvalue weighted by atomic mass is 10.1. The summed E-state index contributed by atoms with van der Waals surface area (Å²) in [6.07, 6.45) is 8.98. The molecule has 24 heavy (non-hydrogen) atoms. The molecule has 1 aliphatic rings. The van der Waals surface area contributed by atoms with Gasteiger partial charge in [-0.1, -0.05) is 25.3 Å². The van der Waals surface area contributed by atoms with Gasteiger partial charge < -0.3 is 19.0 Å². The molecule has 0 amide bonds. The third kappa shape index (κ3) is 14.4. The molecular weight excluding hydrogens is 308 g/mol. The van der Waals surface area contributed by atoms with Gasteiger partial charge in [0.15, 0.2) is 5.79 Å². The van der Waals surface area contributed by atoms with E-state index >= 15 is 0 Å². The Bertz CT molecular complexity index is 372. The van der Waals surface area contributed by atoms with Crippen LogP contribution in [-0.4, -0.2) is 36.9 Å². The van der Waals surface area contributed by atoms with Crippen molar-refractivity contribution in [2.45, 2.75) is 84.5 Å². The summed E-state index contributed by atoms with van der Waals surface area (Å²) in [4.78, 5) is 21.0. The second-order valence-corrected chi connectivity index (χ2v) is 6.64. The zero-order chi connectivity index (χ0) is 18.4. The summed E-state index contributed by atoms with van der Waals surface area (Å²) < 4.78 is 16.2. The lowest BCUT2D eigenvalue weighted by Gasteiger charge is -2.16. The summed E-state index contributed by atoms with van der Waals surface area (Å²) >= 11 is 0. The quantitative estimate of drug-likeness (QED) is 0.338. The molecule has 1 fully saturated rings. The summed E-state index contributed by atoms with van der Waals surface area (Å²) in [5.41, 5.74) is 0. The van der Waals surface area contributed by atoms with Gasteiger partial charge in [0.1, 0.15) is 18.5 Å². The number of hydrogen-bond donors (Lipinski definition) is 0. The zero-order valence-corrected chi connectivity index (χ0v) is 15.8. The maximum Gasteiger partial charge on any atom is 0.305 e. The van der Waals surface area contributed by atoms with Crippen molar-refractivity contribution in [3.63, 3.8) is 0 Å². The molecule has 1 atom stereocenters. The van der Waals surface area contributed by atoms with Crippen molar-refractivity contribution in [2.75, 3.05) is 13.2 Å². The number of carbonyl (C=O) groups is 2. The molecule has 0 aromatic rings. The van der Waals surface area contributed by atoms with E-state index in [1.54, 1.807) is 0 Å². The molecule has 5 nitrogen and oxygen atoms in total. The predicted molar refractivity (Wildman–Crippen MR) is 94.7 cm³/mol. The van der Waals surface area contributed by atoms with Crippen LogP contribution in [0.25, 0.3) is 0 Å². The van der Waals surface area contributed by atoms with Crippen LogP contribution in [0.15, 0.2) is 12.7 Å². The first kappa shape index (κ1) is 22.8. The third-order valence-electron chi connectivity index (χ3n) is 3.29. The van der Waals surface area contributed by atoms with Crippen molar-refractivity contribution < 1.29 is 23.8 Å². The topological polar surface area (TPSA) is 61.8 Å². The van der Waals surface area contributed by atoms with Gasteiger partial charge in [-0.15, -0.1) is 6.58 Å². The molecule has 5 heteroatoms. The Morgan fingerprint density at radius 2 is 1.75 bits per heavy atom. The van der Waals surface area contributed by atoms with Crippen molar-refractivity contribution in [2.24, 2.45) is 0 Å². The molecule has 1 aliphatic heterocycles. The average molecular weight is 342 g/mol. The lowest BCUT2D eigenvalue weighted by Crippen LogP contribution is -2.25. The summed E-state index contributed by atoms with van der Waals surface area (Å²) in [7, 11) is 0. The van der Waals surface area contributed by atoms with Crippen molar-refractivity contribution in [3.8, 4) is 0 Å². The van der Waals surface area contributed by atoms with Crippen LogP contribution in [0.5, 0.6) is 0 Å². The highest BCUT2D eigenvalue weighted by atomic mass is 16.7. The highest BCUT2D eigenvalue weighted by molar-refractivity contribution is 5.72. The normalized spacial score (nSPS) is 18.4. The molecule has 0 saturated carbocycles. The Kier molecular flexibility index (Phi) is 12.5. The fourth-order valence-electron chi connectivity index (χ4n) is 2.19. The van der Waals surface area contributed by atoms with Gasteiger partial charge >= 0.3 is 5.97 Å². The minimum atomic E-state index is -0.553. The van der Waals surface area contributed by atoms with Crippen LogP contribution < -0.4 is 0 Å². The maximum absolute atomic E-state index is 11.6. The molecular formula is C19H34O5. The van der Waals surface area contributed by atoms with Crippen LogP contribution in [0.4, 0.5) is 0 Å². The Morgan fingerprint density at radius 3 is 2.29 bits per heavy atom. The molecule has 1 saturated heterocycles. The Hall–Kier alpha value is -1.20. The van der Waals surface area contributed by atoms with E-state index in [0.29, 0.717) is 19.6 Å². The molecule has 0 N–H and O–H groups in total. The van der Waals surface area contributed by atoms with Gasteiger partial charge in [-0.2, -0.15) is 0 Å². The highest BCUT2D eigenvalue weighted by Gasteiger charge is 2.33. The third-order valence-corrected chi connectivity index (χ3v) is 3.29. The van der Waals surface area contributed by atoms with Crippen molar-refractivity contribution in [1.82, 2.24) is 0 Å². The highest BCUT2D eigenvalue weighted by Crippen LogP contribution is 2.22. The number of ketones is 1. The van der Waals surface area contributed by atoms with Crippen LogP contribution in [0.2, 0.25) is 0 Å². The summed E-state index contributed by atoms with van der Waals surface area (Å²) in [6, 6.07) is 0. The van der Waals surface area contributed by atoms with Crippen LogP contribution in [0, 0.1) is 0 Å². The number of hydrogen-bond acceptors (Lipinski definition) is 5. The molecule has 140 valence electrons. The summed E-state index contributed by atoms with van der Waals surface area (Å²) in [6.45, 7) is 11.3. The number of rotatable bonds is 10. The number of esters is 1. The standard InChI is InChI=1S/C16H28O4.C3H6O/c1-4-5-6-7-8-9-10-11-15(17)18-12-14-13-19-16(2,3)20-14;1-3(2)4/h4,14H,1,5-13H2,2-3H3;1-2H3. The van der Waals surface area contributed by atoms with E-state index in [1.165, 1.54) is 33.1 Å². The largest absolute Gasteiger partial charge is 0.463 e. The minimum Gasteiger partial charge on any atom is -0.463 e. The van der Waals surface area contributed by atoms with Crippen LogP contribution in [0.3, 0.4) is 0 Å². The van der Waals surface area contributed by atoms with E-state index in [1.807, 2.05) is 19.9 Å². The monoisotopic (exact) mass is 342 g/mol. The van der Waals surface area contributed by atoms with Crippen molar-refractivity contribution >= 4 is 11.8 Å². The van der Waals surface area contributed by atoms with E-state index in [9.17, 15) is 9.59 Å². The van der Waals surface area contributed by atoms with Gasteiger partial charge in [-0.25, -0.2) is 0 Å². The molecule has 0 radical (unpaired) electrons. The first-order chi connectivity index (χ1) is 11.3. The zero-order valence-electron chi connectivity index (χ0n) is 15.8. The summed E-state index contributed by atoms with van der Waals surface area (Å²) in [5, 5.41) is 0. The van der Waals surface area contributed by atoms with Crippen LogP contribution in [0.1, 0.15) is 72.6 Å². The van der Waals surface area contributed by atoms with Crippen molar-refractivity contribution in [1.29, 1.82) is 0 Å². The van der Waals surface area contributed by atoms with E-state index < -0.39 is 5.79 Å². The molecule has 0 spiro atoms. The Morgan fingerprint density at radius 1 is 1.17 bits per heavy atom. The van der Waals surface area contributed by atoms with E-state index in [0.717, 1.165) is 19.3 Å². The Labute approximate surface area is 146 Å². The lowest BCUT2D eigenvalue weighted by molar-refractivity contribution is -0.158. The first-order valence-corrected chi connectivity index (χ1v) is 8.82. The number of carbonyl (C=O) groups excluding carboxylic acids is 2. The van der Waals surface area contributed by atoms with Gasteiger partial charge in [-0.05, 0) is 47.0 Å². The molecule has 0 aromatic heterocycles. The fraction of sp³-hybridized carbons (Fsp3) is 0.789. The minimum absolute atomic E-state index is 0.132. The second kappa shape index (κ2) is 13.1. The number of allylic oxidation sites excluding steroid dienone is 1. The van der Waals surface area contributed by atoms with Crippen LogP contribution in [-0.2, 0) is 23.8 Å². The SMILES string of the molecule is C=CCCCCCCCC(=O)OCC1COC(C)(C)O1.CC(C)=O. The first-order valence-electron chi connectivity index (χ1n) is 8.82. The van der Waals surface area contributed by atoms with Gasteiger partial charge in [0, 0.05) is 6.42 Å².